The van der Waals surface area contributed by atoms with Crippen molar-refractivity contribution in [2.75, 3.05) is 36.7 Å². The number of aliphatic imine (C=N–C) groups is 2. The molecule has 0 radical (unpaired) electrons. The number of carbonyl (C=O) groups is 3. The van der Waals surface area contributed by atoms with Crippen molar-refractivity contribution in [2.45, 2.75) is 46.0 Å². The van der Waals surface area contributed by atoms with Gasteiger partial charge in [-0.05, 0) is 80.4 Å². The number of hydrogen-bond acceptors (Lipinski definition) is 6. The van der Waals surface area contributed by atoms with E-state index in [0.717, 1.165) is 30.7 Å². The number of aryl methyl sites for hydroxylation is 1. The summed E-state index contributed by atoms with van der Waals surface area (Å²) in [6.45, 7) is 4.25. The summed E-state index contributed by atoms with van der Waals surface area (Å²) in [6.07, 6.45) is 2.48. The van der Waals surface area contributed by atoms with E-state index in [1.54, 1.807) is 75.6 Å². The average molecular weight is 728 g/mol. The highest BCUT2D eigenvalue weighted by atomic mass is 35.5. The van der Waals surface area contributed by atoms with Crippen LogP contribution in [0.1, 0.15) is 54.6 Å². The summed E-state index contributed by atoms with van der Waals surface area (Å²) >= 11 is 6.97. The van der Waals surface area contributed by atoms with Crippen molar-refractivity contribution in [3.05, 3.63) is 100.0 Å². The molecular formula is C36H37ClF3N5O4S. The minimum absolute atomic E-state index is 0.0204. The molecule has 264 valence electrons. The minimum Gasteiger partial charge on any atom is -0.491 e. The summed E-state index contributed by atoms with van der Waals surface area (Å²) in [6, 6.07) is 14.7. The van der Waals surface area contributed by atoms with Gasteiger partial charge in [-0.25, -0.2) is 18.0 Å². The summed E-state index contributed by atoms with van der Waals surface area (Å²) in [7, 11) is 3.21. The molecule has 0 unspecified atom stereocenters. The number of rotatable bonds is 12. The predicted octanol–water partition coefficient (Wildman–Crippen LogP) is 8.75. The Kier molecular flexibility index (Phi) is 12.9. The summed E-state index contributed by atoms with van der Waals surface area (Å²) < 4.78 is 47.7. The smallest absolute Gasteiger partial charge is 0.347 e. The summed E-state index contributed by atoms with van der Waals surface area (Å²) in [5, 5.41) is 2.95. The molecule has 1 saturated heterocycles. The van der Waals surface area contributed by atoms with Crippen molar-refractivity contribution in [1.29, 1.82) is 0 Å². The van der Waals surface area contributed by atoms with E-state index in [1.165, 1.54) is 21.9 Å². The zero-order chi connectivity index (χ0) is 36.6. The third-order valence-corrected chi connectivity index (χ3v) is 8.68. The SMILES string of the molecule is CCC/C(=C\C(=NC)c1ccc(NC(=O)/N=C2\SCC(=O)N2c2cc(C)ccc2OCCC(C)(F)F)c(F)c1)N(C)C(=O)c1ccc(Cl)cc1. The average Bonchev–Trinajstić information content (AvgIpc) is 3.42. The first-order chi connectivity index (χ1) is 23.7. The number of thioether (sulfide) groups is 1. The van der Waals surface area contributed by atoms with Crippen molar-refractivity contribution < 1.29 is 32.3 Å². The van der Waals surface area contributed by atoms with Crippen molar-refractivity contribution >= 4 is 63.5 Å². The van der Waals surface area contributed by atoms with Gasteiger partial charge in [-0.2, -0.15) is 4.99 Å². The standard InChI is InChI=1S/C36H37ClF3N5O4S/c1-6-7-26(44(5)33(47)23-9-12-25(37)13-10-23)20-29(41-4)24-11-14-28(27(38)19-24)42-34(48)43-35-45(32(46)21-50-35)30-18-22(2)8-15-31(30)49-17-16-36(3,39)40/h8-15,18-20H,6-7,16-17,21H2,1-5H3,(H,42,48)/b26-20+,41-29?,43-35-. The molecule has 0 bridgehead atoms. The molecule has 0 saturated carbocycles. The highest BCUT2D eigenvalue weighted by Gasteiger charge is 2.33. The molecule has 0 aromatic heterocycles. The molecule has 1 N–H and O–H groups in total. The second-order valence-electron chi connectivity index (χ2n) is 11.5. The first-order valence-electron chi connectivity index (χ1n) is 15.7. The molecule has 0 atom stereocenters. The minimum atomic E-state index is -2.93. The number of hydrogen-bond donors (Lipinski definition) is 1. The van der Waals surface area contributed by atoms with E-state index in [2.05, 4.69) is 15.3 Å². The lowest BCUT2D eigenvalue weighted by Crippen LogP contribution is -2.31. The van der Waals surface area contributed by atoms with Gasteiger partial charge in [-0.15, -0.1) is 0 Å². The molecule has 3 aromatic rings. The molecule has 14 heteroatoms. The van der Waals surface area contributed by atoms with E-state index in [4.69, 9.17) is 16.3 Å². The van der Waals surface area contributed by atoms with Gasteiger partial charge in [0.1, 0.15) is 11.6 Å². The van der Waals surface area contributed by atoms with Crippen molar-refractivity contribution in [1.82, 2.24) is 4.90 Å². The highest BCUT2D eigenvalue weighted by molar-refractivity contribution is 8.15. The number of anilines is 2. The van der Waals surface area contributed by atoms with Gasteiger partial charge in [0.2, 0.25) is 11.8 Å². The fourth-order valence-corrected chi connectivity index (χ4v) is 5.88. The molecule has 1 aliphatic rings. The Morgan fingerprint density at radius 2 is 1.82 bits per heavy atom. The molecule has 1 fully saturated rings. The van der Waals surface area contributed by atoms with E-state index in [-0.39, 0.29) is 40.6 Å². The first kappa shape index (κ1) is 38.2. The van der Waals surface area contributed by atoms with Gasteiger partial charge < -0.3 is 15.0 Å². The zero-order valence-corrected chi connectivity index (χ0v) is 29.8. The number of alkyl halides is 2. The quantitative estimate of drug-likeness (QED) is 0.188. The number of allylic oxidation sites excluding steroid dienone is 2. The van der Waals surface area contributed by atoms with Crippen LogP contribution in [-0.2, 0) is 4.79 Å². The van der Waals surface area contributed by atoms with Crippen LogP contribution >= 0.6 is 23.4 Å². The molecule has 1 heterocycles. The van der Waals surface area contributed by atoms with Crippen LogP contribution in [0.25, 0.3) is 0 Å². The monoisotopic (exact) mass is 727 g/mol. The molecule has 9 nitrogen and oxygen atoms in total. The van der Waals surface area contributed by atoms with Gasteiger partial charge in [0.25, 0.3) is 5.91 Å². The van der Waals surface area contributed by atoms with E-state index in [9.17, 15) is 23.2 Å². The third kappa shape index (κ3) is 9.97. The number of amides is 4. The fourth-order valence-electron chi connectivity index (χ4n) is 4.90. The molecule has 3 aromatic carbocycles. The Balaban J connectivity index is 1.53. The maximum atomic E-state index is 15.4. The number of urea groups is 1. The van der Waals surface area contributed by atoms with Crippen molar-refractivity contribution in [2.24, 2.45) is 9.98 Å². The fraction of sp³-hybridized carbons (Fsp3) is 0.306. The topological polar surface area (TPSA) is 104 Å². The van der Waals surface area contributed by atoms with Gasteiger partial charge in [-0.1, -0.05) is 48.8 Å². The highest BCUT2D eigenvalue weighted by Crippen LogP contribution is 2.36. The molecule has 1 aliphatic heterocycles. The Morgan fingerprint density at radius 1 is 1.12 bits per heavy atom. The van der Waals surface area contributed by atoms with Gasteiger partial charge in [0.05, 0.1) is 29.4 Å². The molecule has 50 heavy (non-hydrogen) atoms. The Hall–Kier alpha value is -4.62. The maximum absolute atomic E-state index is 15.4. The normalized spacial score (nSPS) is 14.7. The Morgan fingerprint density at radius 3 is 2.46 bits per heavy atom. The number of halogens is 4. The molecular weight excluding hydrogens is 691 g/mol. The van der Waals surface area contributed by atoms with Crippen LogP contribution in [0.5, 0.6) is 5.75 Å². The van der Waals surface area contributed by atoms with E-state index in [1.807, 2.05) is 6.92 Å². The molecule has 4 amide bonds. The number of ether oxygens (including phenoxy) is 1. The number of nitrogens with one attached hydrogen (secondary N) is 1. The second-order valence-corrected chi connectivity index (χ2v) is 12.9. The van der Waals surface area contributed by atoms with Gasteiger partial charge in [0, 0.05) is 42.4 Å². The lowest BCUT2D eigenvalue weighted by molar-refractivity contribution is -0.115. The Bertz CT molecular complexity index is 1840. The second kappa shape index (κ2) is 16.9. The van der Waals surface area contributed by atoms with Crippen molar-refractivity contribution in [3.8, 4) is 5.75 Å². The number of nitrogens with zero attached hydrogens (tertiary/aromatic N) is 4. The summed E-state index contributed by atoms with van der Waals surface area (Å²) in [5.41, 5.74) is 2.80. The van der Waals surface area contributed by atoms with Crippen LogP contribution in [-0.4, -0.2) is 66.0 Å². The van der Waals surface area contributed by atoms with Gasteiger partial charge >= 0.3 is 6.03 Å². The van der Waals surface area contributed by atoms with Crippen LogP contribution in [0.4, 0.5) is 29.3 Å². The lowest BCUT2D eigenvalue weighted by Gasteiger charge is -2.21. The van der Waals surface area contributed by atoms with Crippen LogP contribution in [0.3, 0.4) is 0 Å². The molecule has 0 spiro atoms. The molecule has 0 aliphatic carbocycles. The van der Waals surface area contributed by atoms with E-state index >= 15 is 4.39 Å². The molecule has 4 rings (SSSR count). The zero-order valence-electron chi connectivity index (χ0n) is 28.2. The van der Waals surface area contributed by atoms with E-state index < -0.39 is 30.1 Å². The van der Waals surface area contributed by atoms with Crippen LogP contribution < -0.4 is 15.0 Å². The maximum Gasteiger partial charge on any atom is 0.347 e. The number of benzene rings is 3. The van der Waals surface area contributed by atoms with Crippen LogP contribution in [0.15, 0.2) is 82.4 Å². The van der Waals surface area contributed by atoms with Crippen LogP contribution in [0.2, 0.25) is 5.02 Å². The Labute approximate surface area is 298 Å². The number of carbonyl (C=O) groups excluding carboxylic acids is 3. The summed E-state index contributed by atoms with van der Waals surface area (Å²) in [4.78, 5) is 50.1. The van der Waals surface area contributed by atoms with Crippen molar-refractivity contribution in [3.63, 3.8) is 0 Å². The summed E-state index contributed by atoms with van der Waals surface area (Å²) in [5.74, 6) is -4.18. The van der Waals surface area contributed by atoms with E-state index in [0.29, 0.717) is 34.0 Å². The van der Waals surface area contributed by atoms with Gasteiger partial charge in [-0.3, -0.25) is 19.5 Å². The predicted molar refractivity (Wildman–Crippen MR) is 194 cm³/mol. The number of amidine groups is 1. The largest absolute Gasteiger partial charge is 0.491 e. The lowest BCUT2D eigenvalue weighted by atomic mass is 10.1. The van der Waals surface area contributed by atoms with Gasteiger partial charge in [0.15, 0.2) is 5.17 Å². The first-order valence-corrected chi connectivity index (χ1v) is 17.0. The third-order valence-electron chi connectivity index (χ3n) is 7.50. The van der Waals surface area contributed by atoms with Crippen LogP contribution in [0, 0.1) is 12.7 Å².